The highest BCUT2D eigenvalue weighted by atomic mass is 19.3. The molecule has 1 unspecified atom stereocenters. The molecule has 0 aliphatic heterocycles. The molecule has 0 saturated heterocycles. The quantitative estimate of drug-likeness (QED) is 0.431. The van der Waals surface area contributed by atoms with Gasteiger partial charge in [-0.3, -0.25) is 4.99 Å². The first kappa shape index (κ1) is 18.8. The summed E-state index contributed by atoms with van der Waals surface area (Å²) in [5, 5.41) is 0. The summed E-state index contributed by atoms with van der Waals surface area (Å²) in [6.45, 7) is 12.7. The summed E-state index contributed by atoms with van der Waals surface area (Å²) in [6.07, 6.45) is 6.99. The number of alkyl halides is 2. The topological polar surface area (TPSA) is 12.4 Å². The molecule has 0 saturated carbocycles. The Morgan fingerprint density at radius 3 is 2.05 bits per heavy atom. The van der Waals surface area contributed by atoms with Gasteiger partial charge in [0.1, 0.15) is 5.70 Å². The van der Waals surface area contributed by atoms with Crippen LogP contribution in [-0.4, -0.2) is 12.1 Å². The van der Waals surface area contributed by atoms with Gasteiger partial charge in [-0.2, -0.15) is 8.78 Å². The smallest absolute Gasteiger partial charge is 0.260 e. The van der Waals surface area contributed by atoms with Gasteiger partial charge in [0.05, 0.1) is 0 Å². The number of nitrogens with zero attached hydrogens (tertiary/aromatic N) is 1. The van der Waals surface area contributed by atoms with Crippen LogP contribution in [-0.2, 0) is 0 Å². The van der Waals surface area contributed by atoms with Crippen LogP contribution in [0.1, 0.15) is 48.5 Å². The van der Waals surface area contributed by atoms with Crippen LogP contribution in [0.25, 0.3) is 0 Å². The van der Waals surface area contributed by atoms with Crippen LogP contribution in [0.3, 0.4) is 0 Å². The highest BCUT2D eigenvalue weighted by Crippen LogP contribution is 2.28. The zero-order valence-corrected chi connectivity index (χ0v) is 13.7. The van der Waals surface area contributed by atoms with E-state index in [1.165, 1.54) is 11.8 Å². The van der Waals surface area contributed by atoms with E-state index in [1.54, 1.807) is 13.0 Å². The molecule has 1 atom stereocenters. The van der Waals surface area contributed by atoms with Crippen LogP contribution in [0, 0.1) is 11.8 Å². The Hall–Kier alpha value is -1.25. The predicted octanol–water partition coefficient (Wildman–Crippen LogP) is 5.80. The van der Waals surface area contributed by atoms with E-state index < -0.39 is 5.92 Å². The molecule has 0 fully saturated rings. The van der Waals surface area contributed by atoms with E-state index in [0.29, 0.717) is 5.92 Å². The minimum absolute atomic E-state index is 0.0989. The van der Waals surface area contributed by atoms with Gasteiger partial charge in [-0.1, -0.05) is 38.5 Å². The van der Waals surface area contributed by atoms with Crippen molar-refractivity contribution in [3.63, 3.8) is 0 Å². The van der Waals surface area contributed by atoms with E-state index in [1.807, 2.05) is 19.9 Å². The molecule has 0 amide bonds. The largest absolute Gasteiger partial charge is 0.286 e. The lowest BCUT2D eigenvalue weighted by Crippen LogP contribution is -2.14. The number of rotatable bonds is 6. The Kier molecular flexibility index (Phi) is 7.62. The molecule has 0 bridgehead atoms. The number of hydrogen-bond acceptors (Lipinski definition) is 1. The van der Waals surface area contributed by atoms with Gasteiger partial charge in [-0.15, -0.1) is 0 Å². The van der Waals surface area contributed by atoms with Gasteiger partial charge in [0.15, 0.2) is 0 Å². The van der Waals surface area contributed by atoms with E-state index in [2.05, 4.69) is 31.8 Å². The summed E-state index contributed by atoms with van der Waals surface area (Å²) in [6, 6.07) is 0. The number of halogens is 2. The van der Waals surface area contributed by atoms with E-state index in [9.17, 15) is 8.78 Å². The lowest BCUT2D eigenvalue weighted by Gasteiger charge is -2.16. The van der Waals surface area contributed by atoms with Gasteiger partial charge < -0.3 is 0 Å². The summed E-state index contributed by atoms with van der Waals surface area (Å²) in [4.78, 5) is 3.80. The predicted molar refractivity (Wildman–Crippen MR) is 84.4 cm³/mol. The molecule has 0 heterocycles. The molecule has 0 aliphatic rings. The van der Waals surface area contributed by atoms with Gasteiger partial charge in [0, 0.05) is 19.1 Å². The second-order valence-electron chi connectivity index (χ2n) is 5.45. The molecule has 0 aliphatic carbocycles. The molecule has 0 spiro atoms. The maximum absolute atomic E-state index is 13.5. The zero-order chi connectivity index (χ0) is 15.9. The molecule has 0 aromatic rings. The van der Waals surface area contributed by atoms with Crippen molar-refractivity contribution in [1.82, 2.24) is 0 Å². The molecule has 3 heteroatoms. The lowest BCUT2D eigenvalue weighted by molar-refractivity contribution is 0.0616. The average Bonchev–Trinajstić information content (AvgIpc) is 2.33. The Labute approximate surface area is 122 Å². The first-order valence-corrected chi connectivity index (χ1v) is 7.06. The first-order valence-electron chi connectivity index (χ1n) is 7.06. The molecule has 0 aromatic carbocycles. The summed E-state index contributed by atoms with van der Waals surface area (Å²) in [5.74, 6) is -2.57. The molecule has 114 valence electrons. The van der Waals surface area contributed by atoms with Gasteiger partial charge in [-0.25, -0.2) is 0 Å². The fourth-order valence-corrected chi connectivity index (χ4v) is 1.68. The summed E-state index contributed by atoms with van der Waals surface area (Å²) < 4.78 is 27.0. The number of allylic oxidation sites excluding steroid dienone is 6. The fraction of sp³-hybridized carbons (Fsp3) is 0.588. The Morgan fingerprint density at radius 1 is 1.15 bits per heavy atom. The molecule has 1 nitrogen and oxygen atoms in total. The van der Waals surface area contributed by atoms with Gasteiger partial charge in [0.25, 0.3) is 5.92 Å². The van der Waals surface area contributed by atoms with E-state index in [-0.39, 0.29) is 11.6 Å². The minimum Gasteiger partial charge on any atom is -0.260 e. The van der Waals surface area contributed by atoms with Crippen LogP contribution >= 0.6 is 0 Å². The van der Waals surface area contributed by atoms with Gasteiger partial charge >= 0.3 is 0 Å². The third kappa shape index (κ3) is 6.27. The molecular weight excluding hydrogens is 256 g/mol. The van der Waals surface area contributed by atoms with Crippen molar-refractivity contribution in [2.45, 2.75) is 54.4 Å². The second kappa shape index (κ2) is 8.13. The monoisotopic (exact) mass is 283 g/mol. The van der Waals surface area contributed by atoms with Crippen LogP contribution in [0.15, 0.2) is 40.1 Å². The maximum Gasteiger partial charge on any atom is 0.286 e. The third-order valence-corrected chi connectivity index (χ3v) is 3.29. The van der Waals surface area contributed by atoms with Crippen molar-refractivity contribution in [1.29, 1.82) is 0 Å². The van der Waals surface area contributed by atoms with Crippen LogP contribution in [0.4, 0.5) is 8.78 Å². The number of aliphatic imine (C=N–C) groups is 1. The van der Waals surface area contributed by atoms with E-state index >= 15 is 0 Å². The molecule has 0 radical (unpaired) electrons. The second-order valence-corrected chi connectivity index (χ2v) is 5.45. The molecule has 0 aromatic heterocycles. The Bertz CT molecular complexity index is 421. The van der Waals surface area contributed by atoms with Gasteiger partial charge in [0.2, 0.25) is 0 Å². The summed E-state index contributed by atoms with van der Waals surface area (Å²) in [5.41, 5.74) is 2.09. The van der Waals surface area contributed by atoms with Crippen LogP contribution in [0.2, 0.25) is 0 Å². The molecule has 0 rings (SSSR count). The zero-order valence-electron chi connectivity index (χ0n) is 13.7. The van der Waals surface area contributed by atoms with Crippen molar-refractivity contribution in [3.8, 4) is 0 Å². The highest BCUT2D eigenvalue weighted by molar-refractivity contribution is 5.55. The molecule has 20 heavy (non-hydrogen) atoms. The maximum atomic E-state index is 13.5. The van der Waals surface area contributed by atoms with Crippen molar-refractivity contribution < 1.29 is 8.78 Å². The normalized spacial score (nSPS) is 17.2. The average molecular weight is 283 g/mol. The Morgan fingerprint density at radius 2 is 1.70 bits per heavy atom. The van der Waals surface area contributed by atoms with Crippen molar-refractivity contribution in [2.75, 3.05) is 0 Å². The number of hydrogen-bond donors (Lipinski definition) is 0. The van der Waals surface area contributed by atoms with Crippen LogP contribution < -0.4 is 0 Å². The van der Waals surface area contributed by atoms with E-state index in [0.717, 1.165) is 12.5 Å². The van der Waals surface area contributed by atoms with Crippen molar-refractivity contribution in [2.24, 2.45) is 16.8 Å². The highest BCUT2D eigenvalue weighted by Gasteiger charge is 2.27. The lowest BCUT2D eigenvalue weighted by atomic mass is 9.94. The minimum atomic E-state index is -2.92. The van der Waals surface area contributed by atoms with Crippen molar-refractivity contribution >= 4 is 6.21 Å². The molecule has 0 N–H and O–H groups in total. The third-order valence-electron chi connectivity index (χ3n) is 3.29. The summed E-state index contributed by atoms with van der Waals surface area (Å²) >= 11 is 0. The van der Waals surface area contributed by atoms with Crippen LogP contribution in [0.5, 0.6) is 0 Å². The Balaban J connectivity index is 5.41. The summed E-state index contributed by atoms with van der Waals surface area (Å²) in [7, 11) is 0. The van der Waals surface area contributed by atoms with E-state index in [4.69, 9.17) is 0 Å². The fourth-order valence-electron chi connectivity index (χ4n) is 1.68. The first-order chi connectivity index (χ1) is 9.13. The molecular formula is C17H27F2N. The van der Waals surface area contributed by atoms with Gasteiger partial charge in [-0.05, 0) is 38.3 Å². The van der Waals surface area contributed by atoms with Crippen molar-refractivity contribution in [3.05, 3.63) is 35.1 Å². The standard InChI is InChI=1S/C17H27F2N/c1-8-15(10-13(5)12(3)4)14(6)11-16(20-9-2)17(7,18)19/h8-12,14H,1-7H3/b13-10+,15-8-,16-11-,20-9?. The SMILES string of the molecule is CC=N/C(=C\C(C)C(/C=C(\C)C(C)C)=C\C)C(C)(F)F.